The summed E-state index contributed by atoms with van der Waals surface area (Å²) in [4.78, 5) is 4.75. The van der Waals surface area contributed by atoms with Crippen LogP contribution in [-0.4, -0.2) is 10.1 Å². The van der Waals surface area contributed by atoms with E-state index in [9.17, 15) is 5.11 Å². The van der Waals surface area contributed by atoms with Crippen LogP contribution in [0.4, 0.5) is 5.69 Å². The van der Waals surface area contributed by atoms with Gasteiger partial charge in [-0.3, -0.25) is 0 Å². The molecule has 21 heavy (non-hydrogen) atoms. The van der Waals surface area contributed by atoms with Crippen molar-refractivity contribution in [1.82, 2.24) is 4.98 Å². The van der Waals surface area contributed by atoms with Gasteiger partial charge in [0.15, 0.2) is 0 Å². The van der Waals surface area contributed by atoms with Gasteiger partial charge in [0.1, 0.15) is 5.60 Å². The van der Waals surface area contributed by atoms with E-state index in [0.717, 1.165) is 62.0 Å². The zero-order valence-corrected chi connectivity index (χ0v) is 13.2. The molecule has 114 valence electrons. The number of nitrogens with two attached hydrogens (primary N) is 1. The molecule has 2 aliphatic rings. The van der Waals surface area contributed by atoms with Crippen molar-refractivity contribution in [2.24, 2.45) is 5.41 Å². The van der Waals surface area contributed by atoms with Crippen molar-refractivity contribution in [3.05, 3.63) is 29.6 Å². The highest BCUT2D eigenvalue weighted by Crippen LogP contribution is 2.41. The summed E-state index contributed by atoms with van der Waals surface area (Å²) < 4.78 is 0. The van der Waals surface area contributed by atoms with E-state index < -0.39 is 5.60 Å². The molecule has 3 nitrogen and oxygen atoms in total. The molecule has 0 aromatic carbocycles. The first-order chi connectivity index (χ1) is 9.90. The minimum Gasteiger partial charge on any atom is -0.397 e. The molecular weight excluding hydrogens is 260 g/mol. The van der Waals surface area contributed by atoms with Crippen LogP contribution in [0, 0.1) is 5.41 Å². The molecule has 0 atom stereocenters. The number of nitrogens with zero attached hydrogens (tertiary/aromatic N) is 1. The number of pyridine rings is 1. The molecule has 0 bridgehead atoms. The van der Waals surface area contributed by atoms with Crippen molar-refractivity contribution in [3.63, 3.8) is 0 Å². The summed E-state index contributed by atoms with van der Waals surface area (Å²) in [6, 6.07) is 3.81. The van der Waals surface area contributed by atoms with Crippen LogP contribution in [0.15, 0.2) is 18.2 Å². The molecule has 0 unspecified atom stereocenters. The van der Waals surface area contributed by atoms with Gasteiger partial charge >= 0.3 is 0 Å². The van der Waals surface area contributed by atoms with Crippen molar-refractivity contribution in [2.75, 3.05) is 5.73 Å². The lowest BCUT2D eigenvalue weighted by Crippen LogP contribution is -2.23. The lowest BCUT2D eigenvalue weighted by Gasteiger charge is -2.29. The molecule has 1 aromatic rings. The Hall–Kier alpha value is -1.35. The van der Waals surface area contributed by atoms with E-state index in [2.05, 4.69) is 19.9 Å². The van der Waals surface area contributed by atoms with E-state index in [1.807, 2.05) is 12.1 Å². The quantitative estimate of drug-likeness (QED) is 0.863. The molecule has 0 amide bonds. The summed E-state index contributed by atoms with van der Waals surface area (Å²) in [7, 11) is 0. The standard InChI is InChI=1S/C18H26N2O/c1-17(2)11-7-13(8-12-17)16-14(19)5-6-15(20-16)18(21)9-3-4-10-18/h5-7,21H,3-4,8-12,19H2,1-2H3. The van der Waals surface area contributed by atoms with Gasteiger partial charge in [0, 0.05) is 0 Å². The molecule has 1 fully saturated rings. The van der Waals surface area contributed by atoms with Crippen LogP contribution in [0.2, 0.25) is 0 Å². The van der Waals surface area contributed by atoms with Crippen LogP contribution in [0.5, 0.6) is 0 Å². The van der Waals surface area contributed by atoms with Gasteiger partial charge in [-0.15, -0.1) is 0 Å². The molecule has 3 heteroatoms. The second kappa shape index (κ2) is 5.13. The first-order valence-electron chi connectivity index (χ1n) is 8.08. The predicted octanol–water partition coefficient (Wildman–Crippen LogP) is 4.02. The van der Waals surface area contributed by atoms with Gasteiger partial charge in [0.2, 0.25) is 0 Å². The highest BCUT2D eigenvalue weighted by Gasteiger charge is 2.35. The average molecular weight is 286 g/mol. The number of aliphatic hydroxyl groups is 1. The predicted molar refractivity (Wildman–Crippen MR) is 86.6 cm³/mol. The Bertz CT molecular complexity index is 569. The Balaban J connectivity index is 1.94. The number of anilines is 1. The van der Waals surface area contributed by atoms with E-state index in [0.29, 0.717) is 5.41 Å². The fourth-order valence-electron chi connectivity index (χ4n) is 3.49. The Morgan fingerprint density at radius 2 is 1.86 bits per heavy atom. The van der Waals surface area contributed by atoms with Gasteiger partial charge < -0.3 is 10.8 Å². The average Bonchev–Trinajstić information content (AvgIpc) is 2.88. The third-order valence-electron chi connectivity index (χ3n) is 5.11. The summed E-state index contributed by atoms with van der Waals surface area (Å²) in [6.07, 6.45) is 9.32. The van der Waals surface area contributed by atoms with Crippen LogP contribution in [-0.2, 0) is 5.60 Å². The van der Waals surface area contributed by atoms with Gasteiger partial charge in [-0.1, -0.05) is 32.8 Å². The molecule has 2 aliphatic carbocycles. The van der Waals surface area contributed by atoms with Gasteiger partial charge in [-0.05, 0) is 55.2 Å². The topological polar surface area (TPSA) is 59.1 Å². The number of nitrogen functional groups attached to an aromatic ring is 1. The zero-order chi connectivity index (χ0) is 15.1. The first kappa shape index (κ1) is 14.6. The van der Waals surface area contributed by atoms with Crippen LogP contribution < -0.4 is 5.73 Å². The molecule has 3 N–H and O–H groups in total. The molecule has 0 spiro atoms. The first-order valence-corrected chi connectivity index (χ1v) is 8.08. The Morgan fingerprint density at radius 1 is 1.14 bits per heavy atom. The van der Waals surface area contributed by atoms with Gasteiger partial charge in [0.05, 0.1) is 17.1 Å². The molecule has 0 saturated heterocycles. The summed E-state index contributed by atoms with van der Waals surface area (Å²) in [6.45, 7) is 4.60. The SMILES string of the molecule is CC1(C)CC=C(c2nc(C3(O)CCCC3)ccc2N)CC1. The van der Waals surface area contributed by atoms with Crippen LogP contribution in [0.3, 0.4) is 0 Å². The second-order valence-electron chi connectivity index (χ2n) is 7.47. The Kier molecular flexibility index (Phi) is 3.56. The number of rotatable bonds is 2. The molecule has 1 aromatic heterocycles. The number of aromatic nitrogens is 1. The highest BCUT2D eigenvalue weighted by molar-refractivity contribution is 5.73. The van der Waals surface area contributed by atoms with Crippen molar-refractivity contribution >= 4 is 11.3 Å². The normalized spacial score (nSPS) is 23.9. The third kappa shape index (κ3) is 2.84. The smallest absolute Gasteiger partial charge is 0.107 e. The highest BCUT2D eigenvalue weighted by atomic mass is 16.3. The van der Waals surface area contributed by atoms with Crippen LogP contribution in [0.25, 0.3) is 5.57 Å². The summed E-state index contributed by atoms with van der Waals surface area (Å²) >= 11 is 0. The molecule has 1 heterocycles. The Labute approximate surface area is 127 Å². The van der Waals surface area contributed by atoms with E-state index in [1.165, 1.54) is 5.57 Å². The lowest BCUT2D eigenvalue weighted by atomic mass is 9.77. The van der Waals surface area contributed by atoms with Crippen LogP contribution in [0.1, 0.15) is 70.2 Å². The number of hydrogen-bond donors (Lipinski definition) is 2. The summed E-state index contributed by atoms with van der Waals surface area (Å²) in [5, 5.41) is 10.7. The fourth-order valence-corrected chi connectivity index (χ4v) is 3.49. The maximum Gasteiger partial charge on any atom is 0.107 e. The zero-order valence-electron chi connectivity index (χ0n) is 13.2. The summed E-state index contributed by atoms with van der Waals surface area (Å²) in [5.41, 5.74) is 9.45. The third-order valence-corrected chi connectivity index (χ3v) is 5.11. The van der Waals surface area contributed by atoms with Crippen molar-refractivity contribution in [2.45, 2.75) is 64.4 Å². The summed E-state index contributed by atoms with van der Waals surface area (Å²) in [5.74, 6) is 0. The Morgan fingerprint density at radius 3 is 2.48 bits per heavy atom. The monoisotopic (exact) mass is 286 g/mol. The largest absolute Gasteiger partial charge is 0.397 e. The minimum atomic E-state index is -0.739. The van der Waals surface area contributed by atoms with Crippen molar-refractivity contribution in [3.8, 4) is 0 Å². The van der Waals surface area contributed by atoms with Gasteiger partial charge in [0.25, 0.3) is 0 Å². The van der Waals surface area contributed by atoms with Gasteiger partial charge in [-0.25, -0.2) is 4.98 Å². The molecule has 1 saturated carbocycles. The van der Waals surface area contributed by atoms with E-state index in [-0.39, 0.29) is 0 Å². The molecular formula is C18H26N2O. The maximum atomic E-state index is 10.7. The van der Waals surface area contributed by atoms with E-state index >= 15 is 0 Å². The molecule has 3 rings (SSSR count). The lowest BCUT2D eigenvalue weighted by molar-refractivity contribution is 0.0399. The maximum absolute atomic E-state index is 10.7. The van der Waals surface area contributed by atoms with Gasteiger partial charge in [-0.2, -0.15) is 0 Å². The van der Waals surface area contributed by atoms with Crippen LogP contribution >= 0.6 is 0 Å². The van der Waals surface area contributed by atoms with Crippen molar-refractivity contribution in [1.29, 1.82) is 0 Å². The molecule has 0 radical (unpaired) electrons. The molecule has 0 aliphatic heterocycles. The van der Waals surface area contributed by atoms with E-state index in [1.54, 1.807) is 0 Å². The second-order valence-corrected chi connectivity index (χ2v) is 7.47. The van der Waals surface area contributed by atoms with E-state index in [4.69, 9.17) is 10.7 Å². The minimum absolute atomic E-state index is 0.375. The number of hydrogen-bond acceptors (Lipinski definition) is 3. The number of allylic oxidation sites excluding steroid dienone is 2. The fraction of sp³-hybridized carbons (Fsp3) is 0.611. The van der Waals surface area contributed by atoms with Crippen molar-refractivity contribution < 1.29 is 5.11 Å².